The molecule has 0 aliphatic carbocycles. The van der Waals surface area contributed by atoms with Crippen LogP contribution in [0.15, 0.2) is 40.9 Å². The predicted octanol–water partition coefficient (Wildman–Crippen LogP) is 5.43. The molecule has 106 valence electrons. The van der Waals surface area contributed by atoms with E-state index in [1.54, 1.807) is 7.11 Å². The molecule has 0 aromatic heterocycles. The number of rotatable bonds is 5. The van der Waals surface area contributed by atoms with Crippen LogP contribution >= 0.6 is 39.1 Å². The molecule has 5 heteroatoms. The van der Waals surface area contributed by atoms with Crippen molar-refractivity contribution in [3.05, 3.63) is 57.0 Å². The molecule has 2 nitrogen and oxygen atoms in total. The molecule has 0 saturated carbocycles. The van der Waals surface area contributed by atoms with Gasteiger partial charge in [0.2, 0.25) is 0 Å². The van der Waals surface area contributed by atoms with Gasteiger partial charge in [-0.25, -0.2) is 0 Å². The Morgan fingerprint density at radius 2 is 1.95 bits per heavy atom. The van der Waals surface area contributed by atoms with Gasteiger partial charge in [-0.05, 0) is 39.7 Å². The first kappa shape index (κ1) is 15.5. The minimum Gasteiger partial charge on any atom is -0.493 e. The average molecular weight is 376 g/mol. The van der Waals surface area contributed by atoms with Crippen LogP contribution < -0.4 is 9.47 Å². The van der Waals surface area contributed by atoms with Crippen molar-refractivity contribution in [2.24, 2.45) is 0 Å². The molecule has 0 unspecified atom stereocenters. The molecular formula is C15H13BrCl2O2. The lowest BCUT2D eigenvalue weighted by molar-refractivity contribution is 0.282. The highest BCUT2D eigenvalue weighted by molar-refractivity contribution is 9.10. The lowest BCUT2D eigenvalue weighted by atomic mass is 10.2. The van der Waals surface area contributed by atoms with Crippen molar-refractivity contribution in [3.63, 3.8) is 0 Å². The highest BCUT2D eigenvalue weighted by Crippen LogP contribution is 2.37. The van der Waals surface area contributed by atoms with Gasteiger partial charge in [0.15, 0.2) is 11.5 Å². The fourth-order valence-electron chi connectivity index (χ4n) is 1.76. The first-order chi connectivity index (χ1) is 9.65. The van der Waals surface area contributed by atoms with Crippen LogP contribution in [0, 0.1) is 0 Å². The fourth-order valence-corrected chi connectivity index (χ4v) is 2.70. The monoisotopic (exact) mass is 374 g/mol. The summed E-state index contributed by atoms with van der Waals surface area (Å²) in [7, 11) is 1.60. The quantitative estimate of drug-likeness (QED) is 0.648. The molecule has 2 rings (SSSR count). The molecule has 0 atom stereocenters. The van der Waals surface area contributed by atoms with Crippen LogP contribution in [0.3, 0.4) is 0 Å². The Balaban J connectivity index is 2.23. The van der Waals surface area contributed by atoms with Crippen molar-refractivity contribution in [2.45, 2.75) is 12.5 Å². The smallest absolute Gasteiger partial charge is 0.175 e. The normalized spacial score (nSPS) is 10.4. The molecule has 0 heterocycles. The number of benzene rings is 2. The van der Waals surface area contributed by atoms with Crippen molar-refractivity contribution in [1.29, 1.82) is 0 Å². The second-order valence-electron chi connectivity index (χ2n) is 4.12. The van der Waals surface area contributed by atoms with E-state index in [0.29, 0.717) is 29.0 Å². The standard InChI is InChI=1S/C15H13BrCl2O2/c1-19-14-7-10(8-17)6-12(16)15(14)20-9-11-4-2-3-5-13(11)18/h2-7H,8-9H2,1H3. The number of hydrogen-bond acceptors (Lipinski definition) is 2. The fraction of sp³-hybridized carbons (Fsp3) is 0.200. The van der Waals surface area contributed by atoms with Gasteiger partial charge in [0, 0.05) is 16.5 Å². The molecule has 0 spiro atoms. The maximum absolute atomic E-state index is 6.11. The summed E-state index contributed by atoms with van der Waals surface area (Å²) >= 11 is 15.4. The SMILES string of the molecule is COc1cc(CCl)cc(Br)c1OCc1ccccc1Cl. The van der Waals surface area contributed by atoms with Gasteiger partial charge >= 0.3 is 0 Å². The first-order valence-electron chi connectivity index (χ1n) is 5.94. The summed E-state index contributed by atoms with van der Waals surface area (Å²) in [4.78, 5) is 0. The third kappa shape index (κ3) is 3.60. The van der Waals surface area contributed by atoms with Crippen molar-refractivity contribution in [1.82, 2.24) is 0 Å². The summed E-state index contributed by atoms with van der Waals surface area (Å²) in [5, 5.41) is 0.681. The predicted molar refractivity (Wildman–Crippen MR) is 86.0 cm³/mol. The summed E-state index contributed by atoms with van der Waals surface area (Å²) in [6, 6.07) is 11.3. The van der Waals surface area contributed by atoms with Crippen LogP contribution in [0.1, 0.15) is 11.1 Å². The Kier molecular flexibility index (Phi) is 5.58. The van der Waals surface area contributed by atoms with Crippen LogP contribution in [-0.2, 0) is 12.5 Å². The zero-order valence-corrected chi connectivity index (χ0v) is 13.9. The van der Waals surface area contributed by atoms with E-state index < -0.39 is 0 Å². The van der Waals surface area contributed by atoms with Crippen LogP contribution in [0.5, 0.6) is 11.5 Å². The highest BCUT2D eigenvalue weighted by atomic mass is 79.9. The number of ether oxygens (including phenoxy) is 2. The zero-order valence-electron chi connectivity index (χ0n) is 10.8. The minimum atomic E-state index is 0.370. The first-order valence-corrected chi connectivity index (χ1v) is 7.65. The van der Waals surface area contributed by atoms with E-state index >= 15 is 0 Å². The Morgan fingerprint density at radius 3 is 2.60 bits per heavy atom. The lowest BCUT2D eigenvalue weighted by Crippen LogP contribution is -2.00. The molecule has 0 fully saturated rings. The van der Waals surface area contributed by atoms with E-state index in [9.17, 15) is 0 Å². The van der Waals surface area contributed by atoms with Crippen LogP contribution in [0.2, 0.25) is 5.02 Å². The molecule has 2 aromatic carbocycles. The van der Waals surface area contributed by atoms with E-state index in [1.165, 1.54) is 0 Å². The maximum Gasteiger partial charge on any atom is 0.175 e. The number of hydrogen-bond donors (Lipinski definition) is 0. The summed E-state index contributed by atoms with van der Waals surface area (Å²) in [5.41, 5.74) is 1.88. The van der Waals surface area contributed by atoms with Gasteiger partial charge in [-0.1, -0.05) is 29.8 Å². The number of methoxy groups -OCH3 is 1. The van der Waals surface area contributed by atoms with Crippen molar-refractivity contribution in [2.75, 3.05) is 7.11 Å². The number of alkyl halides is 1. The van der Waals surface area contributed by atoms with E-state index in [1.807, 2.05) is 36.4 Å². The summed E-state index contributed by atoms with van der Waals surface area (Å²) in [6.45, 7) is 0.370. The van der Waals surface area contributed by atoms with Crippen molar-refractivity contribution in [3.8, 4) is 11.5 Å². The van der Waals surface area contributed by atoms with Gasteiger partial charge in [-0.15, -0.1) is 11.6 Å². The van der Waals surface area contributed by atoms with Crippen molar-refractivity contribution >= 4 is 39.1 Å². The van der Waals surface area contributed by atoms with E-state index in [2.05, 4.69) is 15.9 Å². The minimum absolute atomic E-state index is 0.370. The summed E-state index contributed by atoms with van der Waals surface area (Å²) in [6.07, 6.45) is 0. The second kappa shape index (κ2) is 7.21. The molecule has 0 radical (unpaired) electrons. The third-order valence-corrected chi connectivity index (χ3v) is 4.04. The van der Waals surface area contributed by atoms with Gasteiger partial charge in [-0.3, -0.25) is 0 Å². The van der Waals surface area contributed by atoms with Gasteiger partial charge in [-0.2, -0.15) is 0 Å². The van der Waals surface area contributed by atoms with Crippen LogP contribution in [0.25, 0.3) is 0 Å². The Hall–Kier alpha value is -0.900. The second-order valence-corrected chi connectivity index (χ2v) is 5.65. The average Bonchev–Trinajstić information content (AvgIpc) is 2.46. The topological polar surface area (TPSA) is 18.5 Å². The van der Waals surface area contributed by atoms with E-state index in [-0.39, 0.29) is 0 Å². The van der Waals surface area contributed by atoms with Gasteiger partial charge < -0.3 is 9.47 Å². The lowest BCUT2D eigenvalue weighted by Gasteiger charge is -2.14. The van der Waals surface area contributed by atoms with Gasteiger partial charge in [0.1, 0.15) is 6.61 Å². The zero-order chi connectivity index (χ0) is 14.5. The van der Waals surface area contributed by atoms with Gasteiger partial charge in [0.05, 0.1) is 11.6 Å². The Bertz CT molecular complexity index is 602. The molecular weight excluding hydrogens is 363 g/mol. The third-order valence-electron chi connectivity index (χ3n) is 2.77. The van der Waals surface area contributed by atoms with Crippen LogP contribution in [0.4, 0.5) is 0 Å². The molecule has 20 heavy (non-hydrogen) atoms. The highest BCUT2D eigenvalue weighted by Gasteiger charge is 2.12. The molecule has 0 saturated heterocycles. The van der Waals surface area contributed by atoms with Gasteiger partial charge in [0.25, 0.3) is 0 Å². The molecule has 0 N–H and O–H groups in total. The molecule has 0 bridgehead atoms. The molecule has 0 aliphatic heterocycles. The summed E-state index contributed by atoms with van der Waals surface area (Å²) in [5.74, 6) is 1.70. The van der Waals surface area contributed by atoms with E-state index in [0.717, 1.165) is 15.6 Å². The maximum atomic E-state index is 6.11. The van der Waals surface area contributed by atoms with E-state index in [4.69, 9.17) is 32.7 Å². The molecule has 2 aromatic rings. The largest absolute Gasteiger partial charge is 0.493 e. The Morgan fingerprint density at radius 1 is 1.20 bits per heavy atom. The Labute approximate surface area is 136 Å². The molecule has 0 aliphatic rings. The van der Waals surface area contributed by atoms with Crippen LogP contribution in [-0.4, -0.2) is 7.11 Å². The summed E-state index contributed by atoms with van der Waals surface area (Å²) < 4.78 is 12.0. The number of halogens is 3. The molecule has 0 amide bonds. The van der Waals surface area contributed by atoms with Crippen molar-refractivity contribution < 1.29 is 9.47 Å².